The number of benzene rings is 5. The molecule has 8 heteroatoms. The average Bonchev–Trinajstić information content (AvgIpc) is 3.09. The number of rotatable bonds is 10. The van der Waals surface area contributed by atoms with Crippen LogP contribution in [0.2, 0.25) is 0 Å². The van der Waals surface area contributed by atoms with Crippen molar-refractivity contribution in [1.82, 2.24) is 0 Å². The second-order valence-electron chi connectivity index (χ2n) is 12.4. The molecule has 0 N–H and O–H groups in total. The molecule has 48 heavy (non-hydrogen) atoms. The third kappa shape index (κ3) is 6.84. The molecule has 0 aliphatic heterocycles. The molecule has 5 aromatic carbocycles. The summed E-state index contributed by atoms with van der Waals surface area (Å²) in [6.45, 7) is 8.07. The van der Waals surface area contributed by atoms with Gasteiger partial charge >= 0.3 is 0 Å². The molecule has 0 saturated heterocycles. The van der Waals surface area contributed by atoms with Gasteiger partial charge in [-0.3, -0.25) is 0 Å². The summed E-state index contributed by atoms with van der Waals surface area (Å²) in [5.41, 5.74) is 10.5. The molecular weight excluding hydrogens is 592 g/mol. The predicted octanol–water partition coefficient (Wildman–Crippen LogP) is 9.31. The van der Waals surface area contributed by atoms with Crippen molar-refractivity contribution < 1.29 is 0 Å². The largest absolute Gasteiger partial charge is 0.379 e. The third-order valence-electron chi connectivity index (χ3n) is 8.31. The highest BCUT2D eigenvalue weighted by Crippen LogP contribution is 2.44. The molecule has 0 bridgehead atoms. The first-order valence-electron chi connectivity index (χ1n) is 15.7. The summed E-state index contributed by atoms with van der Waals surface area (Å²) in [4.78, 5) is 16.3. The summed E-state index contributed by atoms with van der Waals surface area (Å²) in [6, 6.07) is 39.3. The molecule has 0 spiro atoms. The van der Waals surface area contributed by atoms with Crippen LogP contribution in [0.25, 0.3) is 4.85 Å². The monoisotopic (exact) mass is 634 g/mol. The van der Waals surface area contributed by atoms with E-state index in [2.05, 4.69) is 103 Å². The molecule has 0 heterocycles. The lowest BCUT2D eigenvalue weighted by molar-refractivity contribution is 1.12. The lowest BCUT2D eigenvalue weighted by Crippen LogP contribution is -2.15. The maximum Gasteiger partial charge on any atom is 0.212 e. The van der Waals surface area contributed by atoms with Gasteiger partial charge in [-0.15, -0.1) is 0 Å². The fraction of sp³-hybridized carbons (Fsp3) is 0.200. The maximum atomic E-state index is 10.3. The molecule has 0 fully saturated rings. The fourth-order valence-electron chi connectivity index (χ4n) is 5.56. The molecule has 0 aliphatic carbocycles. The first kappa shape index (κ1) is 33.2. The van der Waals surface area contributed by atoms with Crippen LogP contribution in [0.15, 0.2) is 109 Å². The van der Waals surface area contributed by atoms with Crippen LogP contribution in [0.1, 0.15) is 5.56 Å². The first-order valence-corrected chi connectivity index (χ1v) is 15.7. The van der Waals surface area contributed by atoms with Crippen LogP contribution in [0.3, 0.4) is 0 Å². The number of nitrogens with zero attached hydrogens (tertiary/aromatic N) is 8. The molecule has 5 aromatic rings. The molecule has 0 saturated carbocycles. The van der Waals surface area contributed by atoms with Gasteiger partial charge in [0.2, 0.25) is 5.69 Å². The standard InChI is InChI=1S/C40H42N8/c1-42-38-27-37(46(8)9)23-25-40(38)48(34-16-12-31(13-17-34)44(4)5)35-20-18-33(19-21-35)47(32-14-10-30(11-15-32)43(2)3)39-24-22-36(45(6)7)26-29(39)28-41/h10-27H,2-9H3. The molecule has 0 amide bonds. The number of hydrogen-bond acceptors (Lipinski definition) is 7. The summed E-state index contributed by atoms with van der Waals surface area (Å²) in [5, 5.41) is 10.3. The van der Waals surface area contributed by atoms with Gasteiger partial charge < -0.3 is 29.4 Å². The van der Waals surface area contributed by atoms with Crippen LogP contribution in [-0.2, 0) is 0 Å². The van der Waals surface area contributed by atoms with E-state index in [4.69, 9.17) is 6.57 Å². The zero-order valence-electron chi connectivity index (χ0n) is 29.0. The van der Waals surface area contributed by atoms with E-state index >= 15 is 0 Å². The van der Waals surface area contributed by atoms with E-state index in [1.165, 1.54) is 0 Å². The quantitative estimate of drug-likeness (QED) is 0.142. The highest BCUT2D eigenvalue weighted by molar-refractivity contribution is 5.89. The molecule has 0 atom stereocenters. The maximum absolute atomic E-state index is 10.3. The van der Waals surface area contributed by atoms with E-state index in [0.717, 1.165) is 56.9 Å². The van der Waals surface area contributed by atoms with Gasteiger partial charge in [0.15, 0.2) is 0 Å². The van der Waals surface area contributed by atoms with Crippen LogP contribution in [0, 0.1) is 17.9 Å². The Balaban J connectivity index is 1.66. The molecule has 0 aliphatic rings. The molecule has 0 radical (unpaired) electrons. The Morgan fingerprint density at radius 2 is 0.750 bits per heavy atom. The van der Waals surface area contributed by atoms with Crippen LogP contribution in [0.4, 0.5) is 62.6 Å². The fourth-order valence-corrected chi connectivity index (χ4v) is 5.56. The Morgan fingerprint density at radius 3 is 1.10 bits per heavy atom. The average molecular weight is 635 g/mol. The normalized spacial score (nSPS) is 10.5. The predicted molar refractivity (Wildman–Crippen MR) is 204 cm³/mol. The molecular formula is C40H42N8. The zero-order valence-corrected chi connectivity index (χ0v) is 29.0. The molecule has 0 aromatic heterocycles. The molecule has 8 nitrogen and oxygen atoms in total. The van der Waals surface area contributed by atoms with E-state index in [1.54, 1.807) is 0 Å². The van der Waals surface area contributed by atoms with Gasteiger partial charge in [0, 0.05) is 102 Å². The third-order valence-corrected chi connectivity index (χ3v) is 8.31. The van der Waals surface area contributed by atoms with E-state index in [1.807, 2.05) is 103 Å². The van der Waals surface area contributed by atoms with E-state index < -0.39 is 0 Å². The van der Waals surface area contributed by atoms with Gasteiger partial charge in [-0.05, 0) is 109 Å². The van der Waals surface area contributed by atoms with Crippen molar-refractivity contribution in [2.24, 2.45) is 0 Å². The van der Waals surface area contributed by atoms with Gasteiger partial charge in [-0.2, -0.15) is 5.26 Å². The van der Waals surface area contributed by atoms with Crippen molar-refractivity contribution in [3.05, 3.63) is 126 Å². The van der Waals surface area contributed by atoms with Crippen LogP contribution >= 0.6 is 0 Å². The Morgan fingerprint density at radius 1 is 0.438 bits per heavy atom. The second-order valence-corrected chi connectivity index (χ2v) is 12.4. The lowest BCUT2D eigenvalue weighted by Gasteiger charge is -2.30. The first-order chi connectivity index (χ1) is 23.0. The molecule has 0 unspecified atom stereocenters. The minimum absolute atomic E-state index is 0.559. The van der Waals surface area contributed by atoms with Crippen molar-refractivity contribution in [2.75, 3.05) is 85.8 Å². The summed E-state index contributed by atoms with van der Waals surface area (Å²) < 4.78 is 0. The highest BCUT2D eigenvalue weighted by atomic mass is 15.2. The number of anilines is 10. The number of nitriles is 1. The minimum Gasteiger partial charge on any atom is -0.379 e. The second kappa shape index (κ2) is 14.1. The Labute approximate surface area is 285 Å². The summed E-state index contributed by atoms with van der Waals surface area (Å²) in [5.74, 6) is 0. The Bertz CT molecular complexity index is 1800. The number of hydrogen-bond donors (Lipinski definition) is 0. The van der Waals surface area contributed by atoms with Crippen LogP contribution in [-0.4, -0.2) is 56.4 Å². The minimum atomic E-state index is 0.559. The van der Waals surface area contributed by atoms with Crippen molar-refractivity contribution >= 4 is 62.6 Å². The van der Waals surface area contributed by atoms with Gasteiger partial charge in [0.05, 0.1) is 23.5 Å². The van der Waals surface area contributed by atoms with Gasteiger partial charge in [-0.25, -0.2) is 4.85 Å². The molecule has 242 valence electrons. The van der Waals surface area contributed by atoms with Gasteiger partial charge in [-0.1, -0.05) is 0 Å². The van der Waals surface area contributed by atoms with E-state index in [0.29, 0.717) is 11.3 Å². The highest BCUT2D eigenvalue weighted by Gasteiger charge is 2.21. The SMILES string of the molecule is [C-]#[N+]c1cc(N(C)C)ccc1N(c1ccc(N(C)C)cc1)c1ccc(N(c2ccc(N(C)C)cc2)c2ccc(N(C)C)cc2C#N)cc1. The lowest BCUT2D eigenvalue weighted by atomic mass is 10.1. The van der Waals surface area contributed by atoms with E-state index in [9.17, 15) is 5.26 Å². The smallest absolute Gasteiger partial charge is 0.212 e. The Kier molecular flexibility index (Phi) is 9.77. The van der Waals surface area contributed by atoms with Crippen molar-refractivity contribution in [3.63, 3.8) is 0 Å². The summed E-state index contributed by atoms with van der Waals surface area (Å²) >= 11 is 0. The summed E-state index contributed by atoms with van der Waals surface area (Å²) in [7, 11) is 16.0. The molecule has 5 rings (SSSR count). The Hall–Kier alpha value is -6.12. The summed E-state index contributed by atoms with van der Waals surface area (Å²) in [6.07, 6.45) is 0. The van der Waals surface area contributed by atoms with Crippen molar-refractivity contribution in [2.45, 2.75) is 0 Å². The van der Waals surface area contributed by atoms with Gasteiger partial charge in [0.25, 0.3) is 0 Å². The van der Waals surface area contributed by atoms with E-state index in [-0.39, 0.29) is 0 Å². The van der Waals surface area contributed by atoms with Crippen molar-refractivity contribution in [3.8, 4) is 6.07 Å². The van der Waals surface area contributed by atoms with Gasteiger partial charge in [0.1, 0.15) is 6.07 Å². The topological polar surface area (TPSA) is 47.6 Å². The van der Waals surface area contributed by atoms with Crippen LogP contribution in [0.5, 0.6) is 0 Å². The zero-order chi connectivity index (χ0) is 34.5. The van der Waals surface area contributed by atoms with Crippen LogP contribution < -0.4 is 29.4 Å². The van der Waals surface area contributed by atoms with Crippen molar-refractivity contribution in [1.29, 1.82) is 5.26 Å².